The Kier molecular flexibility index (Phi) is 4.94. The first-order chi connectivity index (χ1) is 8.81. The molecular weight excluding hydrogens is 240 g/mol. The zero-order valence-corrected chi connectivity index (χ0v) is 11.9. The number of carbonyl (C=O) groups excluding carboxylic acids is 1. The summed E-state index contributed by atoms with van der Waals surface area (Å²) in [6.45, 7) is 7.92. The lowest BCUT2D eigenvalue weighted by Gasteiger charge is -2.26. The summed E-state index contributed by atoms with van der Waals surface area (Å²) in [5, 5.41) is 0. The summed E-state index contributed by atoms with van der Waals surface area (Å²) in [6.07, 6.45) is 4.87. The third-order valence-electron chi connectivity index (χ3n) is 2.23. The van der Waals surface area contributed by atoms with Crippen LogP contribution in [0.15, 0.2) is 18.2 Å². The Morgan fingerprint density at radius 2 is 2.16 bits per heavy atom. The van der Waals surface area contributed by atoms with Crippen LogP contribution in [-0.2, 0) is 11.3 Å². The van der Waals surface area contributed by atoms with Crippen LogP contribution in [0.3, 0.4) is 0 Å². The highest BCUT2D eigenvalue weighted by atomic mass is 16.6. The van der Waals surface area contributed by atoms with E-state index in [4.69, 9.17) is 11.2 Å². The third-order valence-corrected chi connectivity index (χ3v) is 2.23. The lowest BCUT2D eigenvalue weighted by Crippen LogP contribution is -2.36. The summed E-state index contributed by atoms with van der Waals surface area (Å²) in [6, 6.07) is 5.67. The van der Waals surface area contributed by atoms with Gasteiger partial charge in [0.25, 0.3) is 0 Å². The maximum absolute atomic E-state index is 12.0. The Labute approximate surface area is 114 Å². The number of amides is 1. The monoisotopic (exact) mass is 260 g/mol. The highest BCUT2D eigenvalue weighted by Gasteiger charge is 2.21. The molecule has 0 aromatic carbocycles. The molecule has 0 bridgehead atoms. The van der Waals surface area contributed by atoms with Crippen molar-refractivity contribution in [2.24, 2.45) is 0 Å². The number of hydrogen-bond donors (Lipinski definition) is 0. The van der Waals surface area contributed by atoms with E-state index < -0.39 is 11.7 Å². The van der Waals surface area contributed by atoms with Crippen molar-refractivity contribution in [1.29, 1.82) is 0 Å². The van der Waals surface area contributed by atoms with Gasteiger partial charge in [0, 0.05) is 5.69 Å². The molecule has 19 heavy (non-hydrogen) atoms. The molecule has 1 aromatic heterocycles. The summed E-state index contributed by atoms with van der Waals surface area (Å²) in [7, 11) is 0. The van der Waals surface area contributed by atoms with Crippen LogP contribution < -0.4 is 0 Å². The quantitative estimate of drug-likeness (QED) is 0.785. The Morgan fingerprint density at radius 3 is 2.68 bits per heavy atom. The van der Waals surface area contributed by atoms with E-state index in [2.05, 4.69) is 10.9 Å². The second-order valence-corrected chi connectivity index (χ2v) is 5.31. The molecule has 0 spiro atoms. The third kappa shape index (κ3) is 5.43. The molecule has 102 valence electrons. The van der Waals surface area contributed by atoms with Crippen molar-refractivity contribution in [1.82, 2.24) is 9.88 Å². The van der Waals surface area contributed by atoms with E-state index in [1.807, 2.05) is 45.9 Å². The summed E-state index contributed by atoms with van der Waals surface area (Å²) in [5.41, 5.74) is 1.16. The molecule has 1 heterocycles. The minimum absolute atomic E-state index is 0.199. The average molecular weight is 260 g/mol. The molecule has 0 radical (unpaired) electrons. The lowest BCUT2D eigenvalue weighted by molar-refractivity contribution is 0.0258. The number of rotatable bonds is 3. The molecule has 0 saturated carbocycles. The van der Waals surface area contributed by atoms with Crippen molar-refractivity contribution in [2.45, 2.75) is 39.8 Å². The minimum Gasteiger partial charge on any atom is -0.444 e. The molecule has 0 aliphatic rings. The predicted octanol–water partition coefficient (Wildman–Crippen LogP) is 2.76. The maximum atomic E-state index is 12.0. The number of carbonyl (C=O) groups is 1. The van der Waals surface area contributed by atoms with E-state index in [9.17, 15) is 4.79 Å². The van der Waals surface area contributed by atoms with Gasteiger partial charge < -0.3 is 4.74 Å². The number of aryl methyl sites for hydroxylation is 1. The highest BCUT2D eigenvalue weighted by molar-refractivity contribution is 5.68. The van der Waals surface area contributed by atoms with Gasteiger partial charge in [-0.3, -0.25) is 9.88 Å². The van der Waals surface area contributed by atoms with Crippen LogP contribution >= 0.6 is 0 Å². The van der Waals surface area contributed by atoms with Gasteiger partial charge in [-0.1, -0.05) is 12.0 Å². The molecule has 1 amide bonds. The first kappa shape index (κ1) is 15.0. The predicted molar refractivity (Wildman–Crippen MR) is 74.5 cm³/mol. The molecule has 1 rings (SSSR count). The fourth-order valence-electron chi connectivity index (χ4n) is 1.50. The molecule has 0 unspecified atom stereocenters. The molecule has 0 aliphatic heterocycles. The van der Waals surface area contributed by atoms with Crippen LogP contribution in [0, 0.1) is 19.3 Å². The number of hydrogen-bond acceptors (Lipinski definition) is 3. The lowest BCUT2D eigenvalue weighted by atomic mass is 10.2. The Hall–Kier alpha value is -2.02. The van der Waals surface area contributed by atoms with Crippen molar-refractivity contribution in [3.05, 3.63) is 29.6 Å². The number of aromatic nitrogens is 1. The van der Waals surface area contributed by atoms with Crippen molar-refractivity contribution < 1.29 is 9.53 Å². The number of nitrogens with zero attached hydrogens (tertiary/aromatic N) is 2. The van der Waals surface area contributed by atoms with Crippen molar-refractivity contribution in [3.8, 4) is 12.3 Å². The van der Waals surface area contributed by atoms with Gasteiger partial charge >= 0.3 is 6.09 Å². The molecule has 0 saturated heterocycles. The Balaban J connectivity index is 2.78. The number of terminal acetylenes is 1. The standard InChI is InChI=1S/C15H20N2O2/c1-6-10-17(14(18)19-15(3,4)5)11-13-9-7-8-12(2)16-13/h1,7-9H,10-11H2,2-5H3. The molecule has 0 fully saturated rings. The van der Waals surface area contributed by atoms with Gasteiger partial charge in [-0.05, 0) is 39.8 Å². The van der Waals surface area contributed by atoms with Crippen molar-refractivity contribution in [2.75, 3.05) is 6.54 Å². The van der Waals surface area contributed by atoms with Gasteiger partial charge in [-0.2, -0.15) is 0 Å². The largest absolute Gasteiger partial charge is 0.444 e. The van der Waals surface area contributed by atoms with Gasteiger partial charge in [0.15, 0.2) is 0 Å². The first-order valence-corrected chi connectivity index (χ1v) is 6.16. The molecule has 1 aromatic rings. The number of pyridine rings is 1. The van der Waals surface area contributed by atoms with Crippen molar-refractivity contribution >= 4 is 6.09 Å². The van der Waals surface area contributed by atoms with Gasteiger partial charge in [0.1, 0.15) is 5.60 Å². The molecular formula is C15H20N2O2. The molecule has 0 N–H and O–H groups in total. The second-order valence-electron chi connectivity index (χ2n) is 5.31. The second kappa shape index (κ2) is 6.24. The summed E-state index contributed by atoms with van der Waals surface area (Å²) in [4.78, 5) is 17.8. The van der Waals surface area contributed by atoms with E-state index in [0.29, 0.717) is 6.54 Å². The Bertz CT molecular complexity index is 484. The molecule has 4 nitrogen and oxygen atoms in total. The molecule has 0 aliphatic carbocycles. The zero-order chi connectivity index (χ0) is 14.5. The normalized spacial score (nSPS) is 10.7. The van der Waals surface area contributed by atoms with Crippen LogP contribution in [0.5, 0.6) is 0 Å². The number of ether oxygens (including phenoxy) is 1. The van der Waals surface area contributed by atoms with E-state index in [1.54, 1.807) is 0 Å². The fraction of sp³-hybridized carbons (Fsp3) is 0.467. The molecule has 4 heteroatoms. The summed E-state index contributed by atoms with van der Waals surface area (Å²) in [5.74, 6) is 2.47. The zero-order valence-electron chi connectivity index (χ0n) is 11.9. The average Bonchev–Trinajstić information content (AvgIpc) is 2.26. The smallest absolute Gasteiger partial charge is 0.411 e. The van der Waals surface area contributed by atoms with Gasteiger partial charge in [-0.15, -0.1) is 6.42 Å². The van der Waals surface area contributed by atoms with E-state index >= 15 is 0 Å². The van der Waals surface area contributed by atoms with Crippen LogP contribution in [0.1, 0.15) is 32.2 Å². The Morgan fingerprint density at radius 1 is 1.47 bits per heavy atom. The fourth-order valence-corrected chi connectivity index (χ4v) is 1.50. The van der Waals surface area contributed by atoms with Gasteiger partial charge in [-0.25, -0.2) is 4.79 Å². The minimum atomic E-state index is -0.538. The highest BCUT2D eigenvalue weighted by Crippen LogP contribution is 2.12. The maximum Gasteiger partial charge on any atom is 0.411 e. The van der Waals surface area contributed by atoms with E-state index in [0.717, 1.165) is 11.4 Å². The summed E-state index contributed by atoms with van der Waals surface area (Å²) < 4.78 is 5.32. The first-order valence-electron chi connectivity index (χ1n) is 6.16. The van der Waals surface area contributed by atoms with Crippen LogP contribution in [-0.4, -0.2) is 28.1 Å². The van der Waals surface area contributed by atoms with E-state index in [-0.39, 0.29) is 6.54 Å². The van der Waals surface area contributed by atoms with Crippen LogP contribution in [0.25, 0.3) is 0 Å². The topological polar surface area (TPSA) is 42.4 Å². The summed E-state index contributed by atoms with van der Waals surface area (Å²) >= 11 is 0. The SMILES string of the molecule is C#CCN(Cc1cccc(C)n1)C(=O)OC(C)(C)C. The van der Waals surface area contributed by atoms with Crippen LogP contribution in [0.4, 0.5) is 4.79 Å². The van der Waals surface area contributed by atoms with E-state index in [1.165, 1.54) is 4.90 Å². The van der Waals surface area contributed by atoms with Crippen molar-refractivity contribution in [3.63, 3.8) is 0 Å². The van der Waals surface area contributed by atoms with Gasteiger partial charge in [0.05, 0.1) is 18.8 Å². The van der Waals surface area contributed by atoms with Crippen LogP contribution in [0.2, 0.25) is 0 Å². The van der Waals surface area contributed by atoms with Gasteiger partial charge in [0.2, 0.25) is 0 Å². The molecule has 0 atom stereocenters.